The van der Waals surface area contributed by atoms with Crippen LogP contribution in [0.5, 0.6) is 0 Å². The lowest BCUT2D eigenvalue weighted by molar-refractivity contribution is -0.767. The van der Waals surface area contributed by atoms with E-state index in [1.165, 1.54) is 0 Å². The summed E-state index contributed by atoms with van der Waals surface area (Å²) in [7, 11) is -0.194. The summed E-state index contributed by atoms with van der Waals surface area (Å²) in [4.78, 5) is 0. The summed E-state index contributed by atoms with van der Waals surface area (Å²) in [6.45, 7) is 1.36. The molecule has 6 heteroatoms. The highest BCUT2D eigenvalue weighted by atomic mass is 32.2. The van der Waals surface area contributed by atoms with E-state index in [1.807, 2.05) is 0 Å². The summed E-state index contributed by atoms with van der Waals surface area (Å²) < 4.78 is 22.6. The minimum atomic E-state index is -3.51. The number of hydrogen-bond donors (Lipinski definition) is 2. The average molecular weight is 250 g/mol. The summed E-state index contributed by atoms with van der Waals surface area (Å²) in [5.74, 6) is 1.08. The molecule has 0 aromatic rings. The largest absolute Gasteiger partial charge is 0.367 e. The van der Waals surface area contributed by atoms with E-state index in [-0.39, 0.29) is 3.89 Å². The molecule has 16 heavy (non-hydrogen) atoms. The van der Waals surface area contributed by atoms with Crippen molar-refractivity contribution in [3.05, 3.63) is 0 Å². The van der Waals surface area contributed by atoms with Crippen LogP contribution in [0, 0.1) is 11.8 Å². The fraction of sp³-hybridized carbons (Fsp3) is 1.00. The molecule has 0 bridgehead atoms. The van der Waals surface area contributed by atoms with E-state index in [1.54, 1.807) is 14.1 Å². The van der Waals surface area contributed by atoms with E-state index >= 15 is 0 Å². The number of quaternary nitrogens is 1. The van der Waals surface area contributed by atoms with Crippen LogP contribution < -0.4 is 10.9 Å². The second-order valence-corrected chi connectivity index (χ2v) is 7.41. The first-order chi connectivity index (χ1) is 7.26. The van der Waals surface area contributed by atoms with Crippen LogP contribution in [0.15, 0.2) is 0 Å². The van der Waals surface area contributed by atoms with Gasteiger partial charge in [0.1, 0.15) is 0 Å². The Kier molecular flexibility index (Phi) is 4.34. The molecule has 0 heterocycles. The van der Waals surface area contributed by atoms with Crippen LogP contribution in [-0.4, -0.2) is 39.5 Å². The predicted molar refractivity (Wildman–Crippen MR) is 64.6 cm³/mol. The number of hydrogen-bond acceptors (Lipinski definition) is 3. The Morgan fingerprint density at radius 2 is 1.56 bits per heavy atom. The Labute approximate surface area is 98.6 Å². The molecule has 4 N–H and O–H groups in total. The van der Waals surface area contributed by atoms with E-state index in [4.69, 9.17) is 10.9 Å². The van der Waals surface area contributed by atoms with Crippen LogP contribution in [0.25, 0.3) is 0 Å². The molecule has 0 radical (unpaired) electrons. The molecule has 0 unspecified atom stereocenters. The predicted octanol–water partition coefficient (Wildman–Crippen LogP) is 0.0314. The first kappa shape index (κ1) is 13.9. The SMILES string of the molecule is C[N+](C)(CC1CCC(CN)CC1)S(N)(=O)=O. The van der Waals surface area contributed by atoms with Crippen LogP contribution in [0.4, 0.5) is 0 Å². The Morgan fingerprint density at radius 1 is 1.12 bits per heavy atom. The topological polar surface area (TPSA) is 86.2 Å². The Balaban J connectivity index is 2.51. The third-order valence-corrected chi connectivity index (χ3v) is 5.21. The van der Waals surface area contributed by atoms with Gasteiger partial charge >= 0.3 is 10.2 Å². The van der Waals surface area contributed by atoms with Gasteiger partial charge in [-0.15, -0.1) is 0 Å². The van der Waals surface area contributed by atoms with Gasteiger partial charge in [0.25, 0.3) is 0 Å². The van der Waals surface area contributed by atoms with E-state index in [2.05, 4.69) is 0 Å². The Hall–Kier alpha value is -0.170. The fourth-order valence-electron chi connectivity index (χ4n) is 2.38. The molecule has 0 aromatic heterocycles. The van der Waals surface area contributed by atoms with Crippen molar-refractivity contribution in [1.29, 1.82) is 0 Å². The lowest BCUT2D eigenvalue weighted by Crippen LogP contribution is -2.52. The number of nitrogens with two attached hydrogens (primary N) is 2. The minimum absolute atomic E-state index is 0.120. The molecule has 0 spiro atoms. The zero-order valence-corrected chi connectivity index (χ0v) is 11.0. The summed E-state index contributed by atoms with van der Waals surface area (Å²) in [5.41, 5.74) is 5.63. The highest BCUT2D eigenvalue weighted by Crippen LogP contribution is 2.29. The molecule has 1 saturated carbocycles. The molecule has 5 nitrogen and oxygen atoms in total. The molecule has 1 rings (SSSR count). The second kappa shape index (κ2) is 5.00. The lowest BCUT2D eigenvalue weighted by Gasteiger charge is -2.33. The van der Waals surface area contributed by atoms with E-state index in [0.29, 0.717) is 18.4 Å². The van der Waals surface area contributed by atoms with Crippen LogP contribution in [0.2, 0.25) is 0 Å². The van der Waals surface area contributed by atoms with Crippen molar-refractivity contribution < 1.29 is 12.3 Å². The van der Waals surface area contributed by atoms with Crippen LogP contribution >= 0.6 is 0 Å². The lowest BCUT2D eigenvalue weighted by atomic mass is 9.82. The van der Waals surface area contributed by atoms with Crippen LogP contribution in [-0.2, 0) is 10.2 Å². The van der Waals surface area contributed by atoms with Gasteiger partial charge in [-0.2, -0.15) is 13.6 Å². The van der Waals surface area contributed by atoms with Crippen molar-refractivity contribution in [2.24, 2.45) is 22.7 Å². The first-order valence-corrected chi connectivity index (χ1v) is 7.32. The molecular weight excluding hydrogens is 226 g/mol. The van der Waals surface area contributed by atoms with Gasteiger partial charge in [-0.1, -0.05) is 0 Å². The van der Waals surface area contributed by atoms with Crippen molar-refractivity contribution in [2.45, 2.75) is 25.7 Å². The Morgan fingerprint density at radius 3 is 1.94 bits per heavy atom. The molecule has 0 amide bonds. The van der Waals surface area contributed by atoms with Crippen molar-refractivity contribution in [2.75, 3.05) is 27.2 Å². The summed E-state index contributed by atoms with van der Waals surface area (Å²) in [6, 6.07) is 0. The zero-order valence-electron chi connectivity index (χ0n) is 10.2. The molecule has 0 atom stereocenters. The molecule has 1 aliphatic rings. The normalized spacial score (nSPS) is 28.0. The molecule has 1 aliphatic carbocycles. The molecule has 96 valence electrons. The van der Waals surface area contributed by atoms with Gasteiger partial charge in [0.05, 0.1) is 20.6 Å². The van der Waals surface area contributed by atoms with Crippen molar-refractivity contribution in [1.82, 2.24) is 0 Å². The van der Waals surface area contributed by atoms with Crippen LogP contribution in [0.1, 0.15) is 25.7 Å². The summed E-state index contributed by atoms with van der Waals surface area (Å²) >= 11 is 0. The average Bonchev–Trinajstić information content (AvgIpc) is 2.16. The van der Waals surface area contributed by atoms with E-state index in [0.717, 1.165) is 32.2 Å². The van der Waals surface area contributed by atoms with Gasteiger partial charge < -0.3 is 5.73 Å². The smallest absolute Gasteiger partial charge is 0.330 e. The molecule has 0 saturated heterocycles. The number of rotatable bonds is 4. The van der Waals surface area contributed by atoms with Gasteiger partial charge in [0.15, 0.2) is 0 Å². The Bertz CT molecular complexity index is 319. The number of nitrogens with zero attached hydrogens (tertiary/aromatic N) is 1. The van der Waals surface area contributed by atoms with Gasteiger partial charge in [0, 0.05) is 5.92 Å². The third-order valence-electron chi connectivity index (χ3n) is 3.69. The highest BCUT2D eigenvalue weighted by molar-refractivity contribution is 7.83. The molecule has 1 fully saturated rings. The quantitative estimate of drug-likeness (QED) is 0.690. The van der Waals surface area contributed by atoms with E-state index < -0.39 is 10.2 Å². The molecule has 0 aliphatic heterocycles. The van der Waals surface area contributed by atoms with Gasteiger partial charge in [-0.3, -0.25) is 0 Å². The molecular formula is C10H24N3O2S+. The zero-order chi connectivity index (χ0) is 12.4. The van der Waals surface area contributed by atoms with Crippen molar-refractivity contribution in [3.8, 4) is 0 Å². The monoisotopic (exact) mass is 250 g/mol. The van der Waals surface area contributed by atoms with Gasteiger partial charge in [-0.25, -0.2) is 3.89 Å². The summed E-state index contributed by atoms with van der Waals surface area (Å²) in [6.07, 6.45) is 4.37. The van der Waals surface area contributed by atoms with Gasteiger partial charge in [0.2, 0.25) is 0 Å². The fourth-order valence-corrected chi connectivity index (χ4v) is 2.79. The molecule has 0 aromatic carbocycles. The standard InChI is InChI=1S/C10H24N3O2S/c1-13(2,16(12,14)15)8-10-5-3-9(7-11)4-6-10/h9-10H,3-8,11H2,1-2H3,(H2,12,14,15)/q+1. The third kappa shape index (κ3) is 3.41. The van der Waals surface area contributed by atoms with Crippen LogP contribution in [0.3, 0.4) is 0 Å². The van der Waals surface area contributed by atoms with Crippen molar-refractivity contribution >= 4 is 10.2 Å². The maximum Gasteiger partial charge on any atom is 0.367 e. The highest BCUT2D eigenvalue weighted by Gasteiger charge is 2.33. The minimum Gasteiger partial charge on any atom is -0.330 e. The second-order valence-electron chi connectivity index (χ2n) is 5.39. The van der Waals surface area contributed by atoms with Crippen molar-refractivity contribution in [3.63, 3.8) is 0 Å². The summed E-state index contributed by atoms with van der Waals surface area (Å²) in [5, 5.41) is 5.21. The van der Waals surface area contributed by atoms with Gasteiger partial charge in [-0.05, 0) is 38.1 Å². The maximum atomic E-state index is 11.4. The maximum absolute atomic E-state index is 11.4. The first-order valence-electron chi connectivity index (χ1n) is 5.82. The van der Waals surface area contributed by atoms with E-state index in [9.17, 15) is 8.42 Å².